The molecule has 36 heavy (non-hydrogen) atoms. The second kappa shape index (κ2) is 11.9. The van der Waals surface area contributed by atoms with Crippen LogP contribution in [0.2, 0.25) is 5.02 Å². The highest BCUT2D eigenvalue weighted by Crippen LogP contribution is 2.38. The smallest absolute Gasteiger partial charge is 0.293 e. The van der Waals surface area contributed by atoms with Crippen LogP contribution in [0.5, 0.6) is 11.5 Å². The number of rotatable bonds is 8. The average Bonchev–Trinajstić information content (AvgIpc) is 3.09. The maximum Gasteiger partial charge on any atom is 0.293 e. The summed E-state index contributed by atoms with van der Waals surface area (Å²) in [6, 6.07) is 17.1. The molecule has 5 nitrogen and oxygen atoms in total. The lowest BCUT2D eigenvalue weighted by Crippen LogP contribution is -2.32. The molecule has 0 radical (unpaired) electrons. The lowest BCUT2D eigenvalue weighted by molar-refractivity contribution is -0.123. The zero-order valence-corrected chi connectivity index (χ0v) is 24.3. The van der Waals surface area contributed by atoms with Crippen LogP contribution in [0.1, 0.15) is 22.3 Å². The van der Waals surface area contributed by atoms with Crippen LogP contribution in [0.4, 0.5) is 4.79 Å². The van der Waals surface area contributed by atoms with Gasteiger partial charge in [-0.25, -0.2) is 0 Å². The van der Waals surface area contributed by atoms with Gasteiger partial charge in [0.05, 0.1) is 20.4 Å². The third kappa shape index (κ3) is 6.35. The van der Waals surface area contributed by atoms with E-state index in [0.717, 1.165) is 39.8 Å². The fourth-order valence-electron chi connectivity index (χ4n) is 3.52. The van der Waals surface area contributed by atoms with Crippen LogP contribution in [0.15, 0.2) is 68.4 Å². The number of nitrogens with zero attached hydrogens (tertiary/aromatic N) is 1. The number of ether oxygens (including phenoxy) is 2. The van der Waals surface area contributed by atoms with Crippen LogP contribution in [0, 0.1) is 13.8 Å². The molecular formula is C27H22Br2ClNO4S. The third-order valence-electron chi connectivity index (χ3n) is 5.44. The number of carbonyl (C=O) groups is 2. The summed E-state index contributed by atoms with van der Waals surface area (Å²) in [6.45, 7) is 4.66. The molecule has 3 aromatic carbocycles. The van der Waals surface area contributed by atoms with Gasteiger partial charge in [-0.05, 0) is 105 Å². The first kappa shape index (κ1) is 26.8. The number of carbonyl (C=O) groups excluding carboxylic acids is 2. The maximum atomic E-state index is 12.9. The van der Waals surface area contributed by atoms with Crippen LogP contribution < -0.4 is 9.47 Å². The molecule has 9 heteroatoms. The Bertz CT molecular complexity index is 1340. The molecule has 186 valence electrons. The molecule has 0 unspecified atom stereocenters. The van der Waals surface area contributed by atoms with Gasteiger partial charge in [0, 0.05) is 10.6 Å². The Hall–Kier alpha value is -2.26. The summed E-state index contributed by atoms with van der Waals surface area (Å²) in [6.07, 6.45) is 1.70. The predicted molar refractivity (Wildman–Crippen MR) is 152 cm³/mol. The van der Waals surface area contributed by atoms with Crippen molar-refractivity contribution in [3.63, 3.8) is 0 Å². The third-order valence-corrected chi connectivity index (χ3v) is 7.89. The van der Waals surface area contributed by atoms with E-state index in [-0.39, 0.29) is 24.3 Å². The molecule has 0 N–H and O–H groups in total. The van der Waals surface area contributed by atoms with Gasteiger partial charge in [0.1, 0.15) is 24.7 Å². The van der Waals surface area contributed by atoms with Crippen molar-refractivity contribution in [2.24, 2.45) is 0 Å². The van der Waals surface area contributed by atoms with Crippen LogP contribution in [0.25, 0.3) is 6.08 Å². The molecule has 1 fully saturated rings. The molecule has 0 aromatic heterocycles. The summed E-state index contributed by atoms with van der Waals surface area (Å²) in [4.78, 5) is 27.0. The van der Waals surface area contributed by atoms with Crippen molar-refractivity contribution in [2.45, 2.75) is 20.5 Å². The van der Waals surface area contributed by atoms with Crippen molar-refractivity contribution in [3.8, 4) is 11.5 Å². The van der Waals surface area contributed by atoms with Crippen LogP contribution in [-0.4, -0.2) is 29.2 Å². The Morgan fingerprint density at radius 1 is 1.00 bits per heavy atom. The SMILES string of the molecule is Cc1ccc(C)c(OCCN2C(=O)S/C(=C\c3cc(Br)c(OCc4ccccc4Cl)c(Br)c3)C2=O)c1. The van der Waals surface area contributed by atoms with Gasteiger partial charge >= 0.3 is 0 Å². The highest BCUT2D eigenvalue weighted by Gasteiger charge is 2.35. The van der Waals surface area contributed by atoms with Crippen LogP contribution in [0.3, 0.4) is 0 Å². The standard InChI is InChI=1S/C27H22Br2ClNO4S/c1-16-7-8-17(2)23(11-16)34-10-9-31-26(32)24(36-27(31)33)14-18-12-20(28)25(21(29)13-18)35-15-19-5-3-4-6-22(19)30/h3-8,11-14H,9-10,15H2,1-2H3/b24-14-. The zero-order valence-electron chi connectivity index (χ0n) is 19.5. The topological polar surface area (TPSA) is 55.8 Å². The summed E-state index contributed by atoms with van der Waals surface area (Å²) < 4.78 is 13.2. The second-order valence-electron chi connectivity index (χ2n) is 8.14. The minimum absolute atomic E-state index is 0.178. The minimum atomic E-state index is -0.333. The molecule has 0 bridgehead atoms. The summed E-state index contributed by atoms with van der Waals surface area (Å²) in [5.74, 6) is 1.04. The largest absolute Gasteiger partial charge is 0.491 e. The monoisotopic (exact) mass is 649 g/mol. The van der Waals surface area contributed by atoms with Gasteiger partial charge < -0.3 is 9.47 Å². The Labute approximate surface area is 236 Å². The minimum Gasteiger partial charge on any atom is -0.491 e. The molecule has 1 heterocycles. The molecule has 0 saturated carbocycles. The van der Waals surface area contributed by atoms with Gasteiger partial charge in [0.15, 0.2) is 0 Å². The molecule has 2 amide bonds. The molecule has 1 aliphatic heterocycles. The number of halogens is 3. The number of hydrogen-bond acceptors (Lipinski definition) is 5. The van der Waals surface area contributed by atoms with Gasteiger partial charge in [-0.2, -0.15) is 0 Å². The van der Waals surface area contributed by atoms with Crippen molar-refractivity contribution >= 4 is 72.4 Å². The van der Waals surface area contributed by atoms with Crippen molar-refractivity contribution in [1.82, 2.24) is 4.90 Å². The first-order valence-electron chi connectivity index (χ1n) is 11.0. The number of imide groups is 1. The van der Waals surface area contributed by atoms with Crippen molar-refractivity contribution in [2.75, 3.05) is 13.2 Å². The maximum absolute atomic E-state index is 12.9. The number of hydrogen-bond donors (Lipinski definition) is 0. The van der Waals surface area contributed by atoms with E-state index in [0.29, 0.717) is 31.2 Å². The van der Waals surface area contributed by atoms with Gasteiger partial charge in [0.2, 0.25) is 0 Å². The zero-order chi connectivity index (χ0) is 25.8. The van der Waals surface area contributed by atoms with E-state index < -0.39 is 0 Å². The van der Waals surface area contributed by atoms with E-state index in [2.05, 4.69) is 31.9 Å². The number of thioether (sulfide) groups is 1. The molecule has 4 rings (SSSR count). The second-order valence-corrected chi connectivity index (χ2v) is 11.3. The van der Waals surface area contributed by atoms with Crippen LogP contribution in [-0.2, 0) is 11.4 Å². The predicted octanol–water partition coefficient (Wildman–Crippen LogP) is 8.18. The molecular weight excluding hydrogens is 630 g/mol. The summed E-state index contributed by atoms with van der Waals surface area (Å²) >= 11 is 14.2. The summed E-state index contributed by atoms with van der Waals surface area (Å²) in [7, 11) is 0. The van der Waals surface area contributed by atoms with E-state index in [1.807, 2.05) is 68.4 Å². The van der Waals surface area contributed by atoms with E-state index in [1.165, 1.54) is 4.90 Å². The first-order valence-corrected chi connectivity index (χ1v) is 13.8. The van der Waals surface area contributed by atoms with E-state index in [9.17, 15) is 9.59 Å². The van der Waals surface area contributed by atoms with Crippen molar-refractivity contribution in [3.05, 3.63) is 95.7 Å². The molecule has 1 aliphatic rings. The number of amides is 2. The van der Waals surface area contributed by atoms with Crippen molar-refractivity contribution < 1.29 is 19.1 Å². The van der Waals surface area contributed by atoms with E-state index in [1.54, 1.807) is 6.08 Å². The Morgan fingerprint density at radius 2 is 1.72 bits per heavy atom. The summed E-state index contributed by atoms with van der Waals surface area (Å²) in [5, 5.41) is 0.324. The highest BCUT2D eigenvalue weighted by atomic mass is 79.9. The van der Waals surface area contributed by atoms with Gasteiger partial charge in [-0.1, -0.05) is 41.9 Å². The van der Waals surface area contributed by atoms with Crippen LogP contribution >= 0.6 is 55.2 Å². The van der Waals surface area contributed by atoms with Gasteiger partial charge in [0.25, 0.3) is 11.1 Å². The average molecular weight is 652 g/mol. The van der Waals surface area contributed by atoms with E-state index >= 15 is 0 Å². The Balaban J connectivity index is 1.42. The molecule has 1 saturated heterocycles. The van der Waals surface area contributed by atoms with Crippen molar-refractivity contribution in [1.29, 1.82) is 0 Å². The Kier molecular flexibility index (Phi) is 8.83. The quantitative estimate of drug-likeness (QED) is 0.230. The molecule has 0 aliphatic carbocycles. The lowest BCUT2D eigenvalue weighted by Gasteiger charge is -2.14. The van der Waals surface area contributed by atoms with E-state index in [4.69, 9.17) is 21.1 Å². The van der Waals surface area contributed by atoms with Gasteiger partial charge in [-0.3, -0.25) is 14.5 Å². The fraction of sp³-hybridized carbons (Fsp3) is 0.185. The number of benzene rings is 3. The first-order chi connectivity index (χ1) is 17.2. The fourth-order valence-corrected chi connectivity index (χ4v) is 6.03. The number of aryl methyl sites for hydroxylation is 2. The molecule has 0 atom stereocenters. The highest BCUT2D eigenvalue weighted by molar-refractivity contribution is 9.11. The van der Waals surface area contributed by atoms with Gasteiger partial charge in [-0.15, -0.1) is 0 Å². The Morgan fingerprint density at radius 3 is 2.44 bits per heavy atom. The summed E-state index contributed by atoms with van der Waals surface area (Å²) in [5.41, 5.74) is 3.71. The molecule has 3 aromatic rings. The molecule has 0 spiro atoms. The normalized spacial score (nSPS) is 14.6. The lowest BCUT2D eigenvalue weighted by atomic mass is 10.1.